The van der Waals surface area contributed by atoms with Crippen molar-refractivity contribution in [2.45, 2.75) is 234 Å². The summed E-state index contributed by atoms with van der Waals surface area (Å²) in [5.41, 5.74) is 2.70. The molecule has 0 saturated heterocycles. The number of hydrogen-bond donors (Lipinski definition) is 0. The Hall–Kier alpha value is -0.780. The van der Waals surface area contributed by atoms with E-state index in [0.29, 0.717) is 0 Å². The van der Waals surface area contributed by atoms with E-state index in [1.54, 1.807) is 0 Å². The molecule has 0 aromatic carbocycles. The quantitative estimate of drug-likeness (QED) is 0.0836. The van der Waals surface area contributed by atoms with Gasteiger partial charge in [-0.15, -0.1) is 6.58 Å². The van der Waals surface area contributed by atoms with Gasteiger partial charge in [0.1, 0.15) is 0 Å². The lowest BCUT2D eigenvalue weighted by molar-refractivity contribution is 0.439. The van der Waals surface area contributed by atoms with Crippen molar-refractivity contribution in [2.24, 2.45) is 5.92 Å². The normalized spacial score (nSPS) is 10.0. The molecule has 0 radical (unpaired) electrons. The fourth-order valence-electron chi connectivity index (χ4n) is 3.57. The molecule has 0 N–H and O–H groups in total. The molecule has 0 amide bonds. The molecule has 0 aromatic rings. The van der Waals surface area contributed by atoms with Crippen LogP contribution in [0.2, 0.25) is 0 Å². The van der Waals surface area contributed by atoms with Gasteiger partial charge in [0.15, 0.2) is 0 Å². The van der Waals surface area contributed by atoms with Crippen LogP contribution in [0.25, 0.3) is 0 Å². The molecule has 0 aliphatic rings. The molecule has 0 aromatic heterocycles. The van der Waals surface area contributed by atoms with Crippen molar-refractivity contribution < 1.29 is 0 Å². The minimum absolute atomic E-state index is 0. The summed E-state index contributed by atoms with van der Waals surface area (Å²) < 4.78 is 0. The van der Waals surface area contributed by atoms with Crippen LogP contribution in [0.15, 0.2) is 36.0 Å². The lowest BCUT2D eigenvalue weighted by Gasteiger charge is -2.10. The first-order valence-corrected chi connectivity index (χ1v) is 18.8. The summed E-state index contributed by atoms with van der Waals surface area (Å²) in [7, 11) is 0. The van der Waals surface area contributed by atoms with Gasteiger partial charge in [-0.1, -0.05) is 230 Å². The van der Waals surface area contributed by atoms with Crippen molar-refractivity contribution in [3.63, 3.8) is 0 Å². The van der Waals surface area contributed by atoms with Crippen LogP contribution < -0.4 is 0 Å². The Morgan fingerprint density at radius 2 is 0.929 bits per heavy atom. The summed E-state index contributed by atoms with van der Waals surface area (Å²) in [6, 6.07) is 0. The topological polar surface area (TPSA) is 0 Å². The summed E-state index contributed by atoms with van der Waals surface area (Å²) in [6.45, 7) is 37.9. The second kappa shape index (κ2) is 72.5. The van der Waals surface area contributed by atoms with Gasteiger partial charge in [-0.25, -0.2) is 0 Å². The van der Waals surface area contributed by atoms with Crippen LogP contribution >= 0.6 is 0 Å². The molecule has 0 nitrogen and oxygen atoms in total. The summed E-state index contributed by atoms with van der Waals surface area (Å²) in [5.74, 6) is 0.975. The molecule has 0 bridgehead atoms. The van der Waals surface area contributed by atoms with E-state index in [-0.39, 0.29) is 7.43 Å². The number of unbranched alkanes of at least 4 members (excludes halogenated alkanes) is 9. The molecule has 0 aliphatic carbocycles. The highest BCUT2D eigenvalue weighted by molar-refractivity contribution is 5.19. The molecule has 0 heteroatoms. The van der Waals surface area contributed by atoms with Crippen molar-refractivity contribution in [3.05, 3.63) is 36.0 Å². The van der Waals surface area contributed by atoms with Crippen LogP contribution in [0.3, 0.4) is 0 Å². The molecular formula is C42H94. The summed E-state index contributed by atoms with van der Waals surface area (Å²) >= 11 is 0. The molecule has 0 rings (SSSR count). The third-order valence-electron chi connectivity index (χ3n) is 5.75. The predicted molar refractivity (Wildman–Crippen MR) is 210 cm³/mol. The van der Waals surface area contributed by atoms with Crippen LogP contribution in [-0.4, -0.2) is 0 Å². The Labute approximate surface area is 275 Å². The second-order valence-corrected chi connectivity index (χ2v) is 10.4. The molecule has 0 fully saturated rings. The monoisotopic (exact) mass is 599 g/mol. The summed E-state index contributed by atoms with van der Waals surface area (Å²) in [6.07, 6.45) is 31.1. The molecule has 0 spiro atoms. The van der Waals surface area contributed by atoms with Crippen LogP contribution in [0.4, 0.5) is 0 Å². The van der Waals surface area contributed by atoms with Crippen LogP contribution in [0.5, 0.6) is 0 Å². The first-order chi connectivity index (χ1) is 19.8. The molecule has 0 heterocycles. The summed E-state index contributed by atoms with van der Waals surface area (Å²) in [4.78, 5) is 0. The second-order valence-electron chi connectivity index (χ2n) is 10.4. The molecular weight excluding hydrogens is 504 g/mol. The van der Waals surface area contributed by atoms with E-state index >= 15 is 0 Å². The molecule has 1 atom stereocenters. The van der Waals surface area contributed by atoms with Gasteiger partial charge in [0.2, 0.25) is 0 Å². The van der Waals surface area contributed by atoms with Crippen molar-refractivity contribution in [3.8, 4) is 0 Å². The molecule has 0 aliphatic heterocycles. The third-order valence-corrected chi connectivity index (χ3v) is 5.75. The SMILES string of the molecule is C.C=C(C)CCC(/C=C\C)=C/CC.CC.CC.CC.CCC.CCCCCCC.CCCCCCC(C)CCCCC. The highest BCUT2D eigenvalue weighted by atomic mass is 14.1. The van der Waals surface area contributed by atoms with E-state index in [0.717, 1.165) is 25.2 Å². The van der Waals surface area contributed by atoms with Gasteiger partial charge < -0.3 is 0 Å². The zero-order chi connectivity index (χ0) is 33.6. The predicted octanol–water partition coefficient (Wildman–Crippen LogP) is 17.5. The Morgan fingerprint density at radius 1 is 0.595 bits per heavy atom. The fraction of sp³-hybridized carbons (Fsp3) is 0.857. The highest BCUT2D eigenvalue weighted by Crippen LogP contribution is 2.16. The van der Waals surface area contributed by atoms with Crippen LogP contribution in [0, 0.1) is 5.92 Å². The van der Waals surface area contributed by atoms with Gasteiger partial charge in [-0.2, -0.15) is 0 Å². The molecule has 42 heavy (non-hydrogen) atoms. The first kappa shape index (κ1) is 60.4. The van der Waals surface area contributed by atoms with Crippen molar-refractivity contribution in [1.82, 2.24) is 0 Å². The van der Waals surface area contributed by atoms with Gasteiger partial charge in [0, 0.05) is 0 Å². The smallest absolute Gasteiger partial charge is 0.0245 e. The Balaban J connectivity index is -0.0000000611. The zero-order valence-electron chi connectivity index (χ0n) is 32.7. The van der Waals surface area contributed by atoms with E-state index in [2.05, 4.69) is 94.0 Å². The van der Waals surface area contributed by atoms with Crippen molar-refractivity contribution in [1.29, 1.82) is 0 Å². The van der Waals surface area contributed by atoms with Gasteiger partial charge in [0.05, 0.1) is 0 Å². The zero-order valence-corrected chi connectivity index (χ0v) is 32.7. The van der Waals surface area contributed by atoms with E-state index in [9.17, 15) is 0 Å². The Morgan fingerprint density at radius 3 is 1.24 bits per heavy atom. The number of allylic oxidation sites excluding steroid dienone is 5. The third kappa shape index (κ3) is 90.1. The lowest BCUT2D eigenvalue weighted by Crippen LogP contribution is -1.94. The first-order valence-electron chi connectivity index (χ1n) is 18.8. The van der Waals surface area contributed by atoms with E-state index in [1.807, 2.05) is 41.5 Å². The van der Waals surface area contributed by atoms with Gasteiger partial charge in [-0.3, -0.25) is 0 Å². The van der Waals surface area contributed by atoms with E-state index in [4.69, 9.17) is 0 Å². The summed E-state index contributed by atoms with van der Waals surface area (Å²) in [5, 5.41) is 0. The van der Waals surface area contributed by atoms with Crippen LogP contribution in [-0.2, 0) is 0 Å². The molecule has 1 unspecified atom stereocenters. The molecule has 0 saturated carbocycles. The average molecular weight is 599 g/mol. The Bertz CT molecular complexity index is 408. The van der Waals surface area contributed by atoms with Crippen LogP contribution in [0.1, 0.15) is 234 Å². The van der Waals surface area contributed by atoms with E-state index < -0.39 is 0 Å². The maximum absolute atomic E-state index is 3.90. The Kier molecular flexibility index (Phi) is 104. The van der Waals surface area contributed by atoms with Gasteiger partial charge >= 0.3 is 0 Å². The molecule has 262 valence electrons. The number of rotatable bonds is 18. The standard InChI is InChI=1S/C13H28.C12H20.C7H16.C3H8.3C2H6.CH4/c1-4-6-8-10-12-13(3)11-9-7-5-2;1-5-7-12(8-6-2)10-9-11(3)4;1-3-5-7-6-4-2;1-3-2;3*1-2;/h13H,4-12H2,1-3H3;5,7-8H,3,6,9-10H2,1-2,4H3;3-7H2,1-2H3;3H2,1-2H3;3*1-2H3;1H4/b;7-5-,12-8+;;;;;;. The minimum Gasteiger partial charge on any atom is -0.100 e. The number of hydrogen-bond acceptors (Lipinski definition) is 0. The maximum Gasteiger partial charge on any atom is -0.0245 e. The average Bonchev–Trinajstić information content (AvgIpc) is 2.99. The van der Waals surface area contributed by atoms with E-state index in [1.165, 1.54) is 107 Å². The highest BCUT2D eigenvalue weighted by Gasteiger charge is 2.00. The van der Waals surface area contributed by atoms with Crippen molar-refractivity contribution in [2.75, 3.05) is 0 Å². The maximum atomic E-state index is 3.90. The minimum atomic E-state index is 0. The van der Waals surface area contributed by atoms with Gasteiger partial charge in [0.25, 0.3) is 0 Å². The fourth-order valence-corrected chi connectivity index (χ4v) is 3.57. The van der Waals surface area contributed by atoms with Crippen molar-refractivity contribution >= 4 is 0 Å². The van der Waals surface area contributed by atoms with Gasteiger partial charge in [-0.05, 0) is 39.0 Å². The largest absolute Gasteiger partial charge is 0.100 e. The lowest BCUT2D eigenvalue weighted by atomic mass is 9.97.